The molecule has 0 aliphatic heterocycles. The van der Waals surface area contributed by atoms with Gasteiger partial charge >= 0.3 is 0 Å². The van der Waals surface area contributed by atoms with Crippen molar-refractivity contribution >= 4 is 34.8 Å². The number of nitrogens with zero attached hydrogens (tertiary/aromatic N) is 2. The molecule has 1 N–H and O–H groups in total. The fraction of sp³-hybridized carbons (Fsp3) is 0.0870. The van der Waals surface area contributed by atoms with Crippen molar-refractivity contribution in [1.29, 1.82) is 0 Å². The van der Waals surface area contributed by atoms with Crippen molar-refractivity contribution < 1.29 is 5.11 Å². The molecule has 0 unspecified atom stereocenters. The van der Waals surface area contributed by atoms with E-state index in [4.69, 9.17) is 34.8 Å². The van der Waals surface area contributed by atoms with Gasteiger partial charge in [0, 0.05) is 34.0 Å². The smallest absolute Gasteiger partial charge is 0.173 e. The Bertz CT molecular complexity index is 1060. The first-order chi connectivity index (χ1) is 14.0. The zero-order chi connectivity index (χ0) is 20.4. The van der Waals surface area contributed by atoms with Crippen LogP contribution in [0.1, 0.15) is 22.5 Å². The van der Waals surface area contributed by atoms with Crippen molar-refractivity contribution in [3.05, 3.63) is 123 Å². The summed E-state index contributed by atoms with van der Waals surface area (Å²) in [5, 5.41) is 13.9. The van der Waals surface area contributed by atoms with E-state index in [0.29, 0.717) is 38.6 Å². The molecule has 4 aromatic rings. The van der Waals surface area contributed by atoms with Crippen LogP contribution >= 0.6 is 34.8 Å². The molecule has 0 spiro atoms. The molecule has 1 heterocycles. The number of hydrogen-bond acceptors (Lipinski definition) is 2. The summed E-state index contributed by atoms with van der Waals surface area (Å²) in [7, 11) is 0. The number of aromatic nitrogens is 2. The molecule has 6 heteroatoms. The second-order valence-electron chi connectivity index (χ2n) is 6.73. The monoisotopic (exact) mass is 442 g/mol. The molecular formula is C23H17Cl3N2O. The minimum atomic E-state index is -1.48. The van der Waals surface area contributed by atoms with Crippen LogP contribution in [-0.2, 0) is 12.1 Å². The average molecular weight is 444 g/mol. The van der Waals surface area contributed by atoms with E-state index in [1.54, 1.807) is 54.7 Å². The van der Waals surface area contributed by atoms with Crippen molar-refractivity contribution in [2.45, 2.75) is 12.1 Å². The van der Waals surface area contributed by atoms with Gasteiger partial charge in [-0.3, -0.25) is 0 Å². The van der Waals surface area contributed by atoms with Crippen molar-refractivity contribution in [2.24, 2.45) is 0 Å². The summed E-state index contributed by atoms with van der Waals surface area (Å²) in [5.41, 5.74) is 0.884. The maximum atomic E-state index is 12.0. The van der Waals surface area contributed by atoms with E-state index in [9.17, 15) is 5.11 Å². The van der Waals surface area contributed by atoms with Gasteiger partial charge in [0.1, 0.15) is 0 Å². The van der Waals surface area contributed by atoms with E-state index in [1.165, 1.54) is 0 Å². The van der Waals surface area contributed by atoms with E-state index in [2.05, 4.69) is 4.98 Å². The molecule has 3 nitrogen and oxygen atoms in total. The van der Waals surface area contributed by atoms with Crippen molar-refractivity contribution in [1.82, 2.24) is 9.55 Å². The Morgan fingerprint density at radius 3 is 1.66 bits per heavy atom. The van der Waals surface area contributed by atoms with E-state index in [0.717, 1.165) is 5.56 Å². The highest BCUT2D eigenvalue weighted by Gasteiger charge is 2.38. The van der Waals surface area contributed by atoms with Gasteiger partial charge in [-0.25, -0.2) is 4.98 Å². The van der Waals surface area contributed by atoms with Gasteiger partial charge in [-0.15, -0.1) is 0 Å². The Balaban J connectivity index is 1.84. The number of benzene rings is 3. The second kappa shape index (κ2) is 8.21. The van der Waals surface area contributed by atoms with Gasteiger partial charge in [0.25, 0.3) is 0 Å². The van der Waals surface area contributed by atoms with E-state index in [-0.39, 0.29) is 0 Å². The molecule has 0 fully saturated rings. The molecule has 0 atom stereocenters. The van der Waals surface area contributed by atoms with Crippen molar-refractivity contribution in [3.8, 4) is 0 Å². The fourth-order valence-corrected chi connectivity index (χ4v) is 3.73. The Labute approximate surface area is 184 Å². The maximum absolute atomic E-state index is 12.0. The topological polar surface area (TPSA) is 38.1 Å². The van der Waals surface area contributed by atoms with Gasteiger partial charge in [0.05, 0.1) is 0 Å². The van der Waals surface area contributed by atoms with Crippen LogP contribution in [0.3, 0.4) is 0 Å². The summed E-state index contributed by atoms with van der Waals surface area (Å²) < 4.78 is 1.92. The predicted molar refractivity (Wildman–Crippen MR) is 118 cm³/mol. The van der Waals surface area contributed by atoms with Crippen LogP contribution in [-0.4, -0.2) is 14.7 Å². The minimum Gasteiger partial charge on any atom is -0.373 e. The Hall–Kier alpha value is -2.30. The minimum absolute atomic E-state index is 0.497. The summed E-state index contributed by atoms with van der Waals surface area (Å²) in [5.74, 6) is 0.497. The summed E-state index contributed by atoms with van der Waals surface area (Å²) in [6.07, 6.45) is 3.53. The third-order valence-electron chi connectivity index (χ3n) is 4.83. The quantitative estimate of drug-likeness (QED) is 0.400. The lowest BCUT2D eigenvalue weighted by Gasteiger charge is -2.30. The van der Waals surface area contributed by atoms with Gasteiger partial charge in [-0.1, -0.05) is 71.2 Å². The summed E-state index contributed by atoms with van der Waals surface area (Å²) in [6.45, 7) is 0.538. The van der Waals surface area contributed by atoms with Gasteiger partial charge in [-0.2, -0.15) is 0 Å². The summed E-state index contributed by atoms with van der Waals surface area (Å²) in [6, 6.07) is 21.8. The number of imidazole rings is 1. The first-order valence-electron chi connectivity index (χ1n) is 8.97. The van der Waals surface area contributed by atoms with Gasteiger partial charge < -0.3 is 9.67 Å². The van der Waals surface area contributed by atoms with Crippen LogP contribution in [0.25, 0.3) is 0 Å². The van der Waals surface area contributed by atoms with Gasteiger partial charge in [0.2, 0.25) is 0 Å². The molecule has 0 aliphatic rings. The highest BCUT2D eigenvalue weighted by Crippen LogP contribution is 2.37. The van der Waals surface area contributed by atoms with Crippen LogP contribution in [0.4, 0.5) is 0 Å². The summed E-state index contributed by atoms with van der Waals surface area (Å²) >= 11 is 18.2. The highest BCUT2D eigenvalue weighted by molar-refractivity contribution is 6.31. The van der Waals surface area contributed by atoms with Crippen LogP contribution in [0, 0.1) is 0 Å². The highest BCUT2D eigenvalue weighted by atomic mass is 35.5. The molecule has 0 amide bonds. The molecule has 0 saturated carbocycles. The molecule has 3 aromatic carbocycles. The summed E-state index contributed by atoms with van der Waals surface area (Å²) in [4.78, 5) is 4.52. The second-order valence-corrected chi connectivity index (χ2v) is 8.04. The average Bonchev–Trinajstić information content (AvgIpc) is 3.19. The molecular weight excluding hydrogens is 427 g/mol. The Kier molecular flexibility index (Phi) is 5.66. The molecule has 4 rings (SSSR count). The predicted octanol–water partition coefficient (Wildman–Crippen LogP) is 6.18. The molecule has 29 heavy (non-hydrogen) atoms. The normalized spacial score (nSPS) is 11.6. The zero-order valence-corrected chi connectivity index (χ0v) is 17.5. The first kappa shape index (κ1) is 20.0. The van der Waals surface area contributed by atoms with Crippen LogP contribution in [0.5, 0.6) is 0 Å². The van der Waals surface area contributed by atoms with E-state index in [1.807, 2.05) is 35.0 Å². The Morgan fingerprint density at radius 1 is 0.724 bits per heavy atom. The van der Waals surface area contributed by atoms with Crippen LogP contribution in [0.15, 0.2) is 85.2 Å². The lowest BCUT2D eigenvalue weighted by molar-refractivity contribution is 0.111. The first-order valence-corrected chi connectivity index (χ1v) is 10.1. The van der Waals surface area contributed by atoms with E-state index < -0.39 is 5.60 Å². The number of halogens is 3. The third-order valence-corrected chi connectivity index (χ3v) is 5.59. The van der Waals surface area contributed by atoms with Gasteiger partial charge in [-0.05, 0) is 53.1 Å². The molecule has 0 saturated heterocycles. The standard InChI is InChI=1S/C23H17Cl3N2O/c24-19-7-1-16(2-8-19)15-28-14-13-27-22(28)23(29,17-3-9-20(25)10-4-17)18-5-11-21(26)12-6-18/h1-14,29H,15H2. The number of hydrogen-bond donors (Lipinski definition) is 1. The lowest BCUT2D eigenvalue weighted by Crippen LogP contribution is -2.32. The maximum Gasteiger partial charge on any atom is 0.173 e. The third kappa shape index (κ3) is 4.05. The molecule has 146 valence electrons. The molecule has 0 bridgehead atoms. The van der Waals surface area contributed by atoms with Crippen molar-refractivity contribution in [2.75, 3.05) is 0 Å². The van der Waals surface area contributed by atoms with Crippen molar-refractivity contribution in [3.63, 3.8) is 0 Å². The van der Waals surface area contributed by atoms with Gasteiger partial charge in [0.15, 0.2) is 11.4 Å². The lowest BCUT2D eigenvalue weighted by atomic mass is 9.85. The fourth-order valence-electron chi connectivity index (χ4n) is 3.35. The molecule has 0 radical (unpaired) electrons. The molecule has 0 aliphatic carbocycles. The Morgan fingerprint density at radius 2 is 1.17 bits per heavy atom. The zero-order valence-electron chi connectivity index (χ0n) is 15.3. The largest absolute Gasteiger partial charge is 0.373 e. The molecule has 1 aromatic heterocycles. The van der Waals surface area contributed by atoms with Crippen LogP contribution in [0.2, 0.25) is 15.1 Å². The SMILES string of the molecule is OC(c1ccc(Cl)cc1)(c1ccc(Cl)cc1)c1nccn1Cc1ccc(Cl)cc1. The van der Waals surface area contributed by atoms with Crippen LogP contribution < -0.4 is 0 Å². The number of aliphatic hydroxyl groups is 1. The van der Waals surface area contributed by atoms with E-state index >= 15 is 0 Å². The number of rotatable bonds is 5.